The first-order valence-electron chi connectivity index (χ1n) is 4.73. The molecule has 0 aliphatic carbocycles. The molecule has 0 rings (SSSR count). The molecule has 1 atom stereocenters. The predicted molar refractivity (Wildman–Crippen MR) is 60.5 cm³/mol. The van der Waals surface area contributed by atoms with Gasteiger partial charge in [0.1, 0.15) is 0 Å². The Balaban J connectivity index is 3.61. The number of hydrogen-bond acceptors (Lipinski definition) is 4. The van der Waals surface area contributed by atoms with Gasteiger partial charge in [-0.2, -0.15) is 11.8 Å². The summed E-state index contributed by atoms with van der Waals surface area (Å²) in [6, 6.07) is -0.211. The SMILES string of the molecule is COCCNC(CCCSC)C(N)=O. The first-order chi connectivity index (χ1) is 6.72. The summed E-state index contributed by atoms with van der Waals surface area (Å²) in [4.78, 5) is 11.0. The summed E-state index contributed by atoms with van der Waals surface area (Å²) >= 11 is 1.78. The molecule has 0 aromatic heterocycles. The Morgan fingerprint density at radius 3 is 2.86 bits per heavy atom. The molecule has 1 unspecified atom stereocenters. The third kappa shape index (κ3) is 7.17. The number of hydrogen-bond donors (Lipinski definition) is 2. The van der Waals surface area contributed by atoms with Crippen molar-refractivity contribution >= 4 is 17.7 Å². The van der Waals surface area contributed by atoms with Crippen LogP contribution in [0.5, 0.6) is 0 Å². The Morgan fingerprint density at radius 2 is 2.36 bits per heavy atom. The van der Waals surface area contributed by atoms with Crippen molar-refractivity contribution in [2.45, 2.75) is 18.9 Å². The Hall–Kier alpha value is -0.260. The molecule has 3 N–H and O–H groups in total. The van der Waals surface area contributed by atoms with Crippen LogP contribution in [0.2, 0.25) is 0 Å². The molecule has 4 nitrogen and oxygen atoms in total. The van der Waals surface area contributed by atoms with Crippen molar-refractivity contribution in [2.24, 2.45) is 5.73 Å². The molecule has 1 amide bonds. The topological polar surface area (TPSA) is 64.3 Å². The second-order valence-corrected chi connectivity index (χ2v) is 4.02. The van der Waals surface area contributed by atoms with E-state index in [1.54, 1.807) is 18.9 Å². The molecular weight excluding hydrogens is 200 g/mol. The van der Waals surface area contributed by atoms with E-state index in [4.69, 9.17) is 10.5 Å². The van der Waals surface area contributed by atoms with Crippen LogP contribution in [0.4, 0.5) is 0 Å². The lowest BCUT2D eigenvalue weighted by Gasteiger charge is -2.14. The Bertz CT molecular complexity index is 146. The number of nitrogens with one attached hydrogen (secondary N) is 1. The second kappa shape index (κ2) is 9.30. The summed E-state index contributed by atoms with van der Waals surface area (Å²) in [6.45, 7) is 1.27. The molecule has 0 bridgehead atoms. The van der Waals surface area contributed by atoms with Gasteiger partial charge in [0.15, 0.2) is 0 Å². The number of thioether (sulfide) groups is 1. The highest BCUT2D eigenvalue weighted by Crippen LogP contribution is 2.02. The number of primary amides is 1. The average molecular weight is 220 g/mol. The second-order valence-electron chi connectivity index (χ2n) is 3.04. The molecule has 5 heteroatoms. The number of methoxy groups -OCH3 is 1. The minimum atomic E-state index is -0.276. The highest BCUT2D eigenvalue weighted by molar-refractivity contribution is 7.98. The lowest BCUT2D eigenvalue weighted by Crippen LogP contribution is -2.42. The van der Waals surface area contributed by atoms with Crippen LogP contribution in [0.1, 0.15) is 12.8 Å². The third-order valence-electron chi connectivity index (χ3n) is 1.88. The summed E-state index contributed by atoms with van der Waals surface area (Å²) in [7, 11) is 1.63. The molecule has 0 spiro atoms. The molecule has 0 heterocycles. The molecule has 0 saturated heterocycles. The van der Waals surface area contributed by atoms with E-state index in [9.17, 15) is 4.79 Å². The fraction of sp³-hybridized carbons (Fsp3) is 0.889. The Morgan fingerprint density at radius 1 is 1.64 bits per heavy atom. The zero-order valence-corrected chi connectivity index (χ0v) is 9.73. The van der Waals surface area contributed by atoms with Gasteiger partial charge in [-0.05, 0) is 24.9 Å². The average Bonchev–Trinajstić information content (AvgIpc) is 2.15. The predicted octanol–water partition coefficient (Wildman–Crippen LogP) is 0.220. The van der Waals surface area contributed by atoms with Crippen LogP contribution < -0.4 is 11.1 Å². The van der Waals surface area contributed by atoms with Crippen molar-refractivity contribution in [1.29, 1.82) is 0 Å². The summed E-state index contributed by atoms with van der Waals surface area (Å²) in [6.07, 6.45) is 3.87. The van der Waals surface area contributed by atoms with Crippen LogP contribution >= 0.6 is 11.8 Å². The van der Waals surface area contributed by atoms with Crippen molar-refractivity contribution < 1.29 is 9.53 Å². The van der Waals surface area contributed by atoms with Crippen molar-refractivity contribution in [3.05, 3.63) is 0 Å². The van der Waals surface area contributed by atoms with E-state index in [-0.39, 0.29) is 11.9 Å². The summed E-state index contributed by atoms with van der Waals surface area (Å²) < 4.78 is 4.88. The first-order valence-corrected chi connectivity index (χ1v) is 6.12. The van der Waals surface area contributed by atoms with E-state index in [1.807, 2.05) is 0 Å². The molecule has 0 aliphatic heterocycles. The van der Waals surface area contributed by atoms with Gasteiger partial charge in [-0.15, -0.1) is 0 Å². The van der Waals surface area contributed by atoms with Crippen molar-refractivity contribution in [3.8, 4) is 0 Å². The van der Waals surface area contributed by atoms with Gasteiger partial charge >= 0.3 is 0 Å². The van der Waals surface area contributed by atoms with Crippen molar-refractivity contribution in [2.75, 3.05) is 32.3 Å². The van der Waals surface area contributed by atoms with Crippen LogP contribution in [0.25, 0.3) is 0 Å². The number of ether oxygens (including phenoxy) is 1. The standard InChI is InChI=1S/C9H20N2O2S/c1-13-6-5-11-8(9(10)12)4-3-7-14-2/h8,11H,3-7H2,1-2H3,(H2,10,12). The van der Waals surface area contributed by atoms with Gasteiger partial charge in [0.25, 0.3) is 0 Å². The zero-order valence-electron chi connectivity index (χ0n) is 8.91. The molecule has 0 aliphatic rings. The first kappa shape index (κ1) is 13.7. The van der Waals surface area contributed by atoms with Gasteiger partial charge in [0.2, 0.25) is 5.91 Å². The van der Waals surface area contributed by atoms with E-state index in [0.29, 0.717) is 13.2 Å². The summed E-state index contributed by atoms with van der Waals surface area (Å²) in [5, 5.41) is 3.07. The fourth-order valence-electron chi connectivity index (χ4n) is 1.11. The quantitative estimate of drug-likeness (QED) is 0.546. The van der Waals surface area contributed by atoms with Crippen molar-refractivity contribution in [3.63, 3.8) is 0 Å². The van der Waals surface area contributed by atoms with Gasteiger partial charge in [0, 0.05) is 13.7 Å². The number of amides is 1. The van der Waals surface area contributed by atoms with Gasteiger partial charge in [-0.3, -0.25) is 4.79 Å². The van der Waals surface area contributed by atoms with E-state index in [0.717, 1.165) is 18.6 Å². The molecule has 0 aromatic rings. The number of carbonyl (C=O) groups excluding carboxylic acids is 1. The number of nitrogens with two attached hydrogens (primary N) is 1. The number of carbonyl (C=O) groups is 1. The fourth-order valence-corrected chi connectivity index (χ4v) is 1.57. The minimum Gasteiger partial charge on any atom is -0.383 e. The number of rotatable bonds is 9. The van der Waals surface area contributed by atoms with Crippen LogP contribution in [0, 0.1) is 0 Å². The van der Waals surface area contributed by atoms with E-state index in [1.165, 1.54) is 0 Å². The maximum atomic E-state index is 11.0. The van der Waals surface area contributed by atoms with E-state index < -0.39 is 0 Å². The van der Waals surface area contributed by atoms with Crippen LogP contribution in [0.15, 0.2) is 0 Å². The molecule has 0 radical (unpaired) electrons. The van der Waals surface area contributed by atoms with E-state index >= 15 is 0 Å². The van der Waals surface area contributed by atoms with Crippen molar-refractivity contribution in [1.82, 2.24) is 5.32 Å². The smallest absolute Gasteiger partial charge is 0.234 e. The summed E-state index contributed by atoms with van der Waals surface area (Å²) in [5.74, 6) is 0.789. The maximum Gasteiger partial charge on any atom is 0.234 e. The lowest BCUT2D eigenvalue weighted by atomic mass is 10.1. The molecule has 0 saturated carbocycles. The molecule has 84 valence electrons. The van der Waals surface area contributed by atoms with Crippen LogP contribution in [0.3, 0.4) is 0 Å². The zero-order chi connectivity index (χ0) is 10.8. The third-order valence-corrected chi connectivity index (χ3v) is 2.58. The van der Waals surface area contributed by atoms with E-state index in [2.05, 4.69) is 11.6 Å². The highest BCUT2D eigenvalue weighted by Gasteiger charge is 2.12. The Kier molecular flexibility index (Phi) is 9.13. The van der Waals surface area contributed by atoms with Gasteiger partial charge in [-0.25, -0.2) is 0 Å². The maximum absolute atomic E-state index is 11.0. The van der Waals surface area contributed by atoms with Crippen LogP contribution in [-0.4, -0.2) is 44.2 Å². The van der Waals surface area contributed by atoms with Gasteiger partial charge in [0.05, 0.1) is 12.6 Å². The van der Waals surface area contributed by atoms with Gasteiger partial charge in [-0.1, -0.05) is 0 Å². The largest absolute Gasteiger partial charge is 0.383 e. The van der Waals surface area contributed by atoms with Gasteiger partial charge < -0.3 is 15.8 Å². The highest BCUT2D eigenvalue weighted by atomic mass is 32.2. The molecular formula is C9H20N2O2S. The molecule has 14 heavy (non-hydrogen) atoms. The summed E-state index contributed by atoms with van der Waals surface area (Å²) in [5.41, 5.74) is 5.25. The molecule has 0 aromatic carbocycles. The Labute approximate surface area is 89.9 Å². The lowest BCUT2D eigenvalue weighted by molar-refractivity contribution is -0.120. The normalized spacial score (nSPS) is 12.7. The van der Waals surface area contributed by atoms with Crippen LogP contribution in [-0.2, 0) is 9.53 Å². The monoisotopic (exact) mass is 220 g/mol. The molecule has 0 fully saturated rings. The minimum absolute atomic E-state index is 0.211.